The van der Waals surface area contributed by atoms with Crippen molar-refractivity contribution in [3.8, 4) is 0 Å². The van der Waals surface area contributed by atoms with Crippen LogP contribution in [0.25, 0.3) is 0 Å². The number of fused-ring (bicyclic) bond motifs is 1. The van der Waals surface area contributed by atoms with Gasteiger partial charge in [0.05, 0.1) is 0 Å². The SMILES string of the molecule is CCN1c2ccc(CC(C)=O)cc2CC1C. The average Bonchev–Trinajstić information content (AvgIpc) is 2.51. The Labute approximate surface area is 97.3 Å². The number of likely N-dealkylation sites (N-methyl/N-ethyl adjacent to an activating group) is 1. The number of Topliss-reactive ketones (excluding diaryl/α,β-unsaturated/α-hetero) is 1. The Morgan fingerprint density at radius 2 is 2.25 bits per heavy atom. The molecule has 0 saturated heterocycles. The van der Waals surface area contributed by atoms with Gasteiger partial charge in [0.2, 0.25) is 0 Å². The molecule has 0 fully saturated rings. The Bertz CT molecular complexity index is 411. The van der Waals surface area contributed by atoms with Gasteiger partial charge in [-0.2, -0.15) is 0 Å². The second-order valence-corrected chi connectivity index (χ2v) is 4.68. The zero-order chi connectivity index (χ0) is 11.7. The molecule has 0 aromatic heterocycles. The molecule has 0 saturated carbocycles. The molecule has 0 aliphatic carbocycles. The first-order valence-electron chi connectivity index (χ1n) is 5.99. The molecule has 2 heteroatoms. The molecule has 0 amide bonds. The summed E-state index contributed by atoms with van der Waals surface area (Å²) in [5.74, 6) is 0.235. The summed E-state index contributed by atoms with van der Waals surface area (Å²) >= 11 is 0. The second kappa shape index (κ2) is 4.28. The molecule has 1 unspecified atom stereocenters. The van der Waals surface area contributed by atoms with Gasteiger partial charge in [0.1, 0.15) is 5.78 Å². The highest BCUT2D eigenvalue weighted by atomic mass is 16.1. The molecule has 0 radical (unpaired) electrons. The van der Waals surface area contributed by atoms with Crippen LogP contribution in [0.4, 0.5) is 5.69 Å². The van der Waals surface area contributed by atoms with E-state index in [0.717, 1.165) is 18.5 Å². The van der Waals surface area contributed by atoms with E-state index in [0.29, 0.717) is 12.5 Å². The van der Waals surface area contributed by atoms with Crippen LogP contribution in [0.5, 0.6) is 0 Å². The topological polar surface area (TPSA) is 20.3 Å². The molecule has 0 N–H and O–H groups in total. The first-order chi connectivity index (χ1) is 7.61. The number of carbonyl (C=O) groups excluding carboxylic acids is 1. The molecule has 1 atom stereocenters. The molecule has 2 nitrogen and oxygen atoms in total. The average molecular weight is 217 g/mol. The first kappa shape index (κ1) is 11.2. The molecule has 0 bridgehead atoms. The zero-order valence-electron chi connectivity index (χ0n) is 10.3. The van der Waals surface area contributed by atoms with Crippen molar-refractivity contribution in [2.75, 3.05) is 11.4 Å². The predicted molar refractivity (Wildman–Crippen MR) is 67.0 cm³/mol. The largest absolute Gasteiger partial charge is 0.369 e. The maximum absolute atomic E-state index is 11.1. The van der Waals surface area contributed by atoms with Crippen LogP contribution in [0.15, 0.2) is 18.2 Å². The van der Waals surface area contributed by atoms with E-state index < -0.39 is 0 Å². The van der Waals surface area contributed by atoms with Crippen LogP contribution in [0.2, 0.25) is 0 Å². The molecule has 1 aliphatic rings. The highest BCUT2D eigenvalue weighted by Crippen LogP contribution is 2.32. The summed E-state index contributed by atoms with van der Waals surface area (Å²) in [6.07, 6.45) is 1.67. The van der Waals surface area contributed by atoms with Crippen LogP contribution in [0.3, 0.4) is 0 Å². The van der Waals surface area contributed by atoms with E-state index in [1.165, 1.54) is 11.3 Å². The Balaban J connectivity index is 2.28. The number of nitrogens with zero attached hydrogens (tertiary/aromatic N) is 1. The van der Waals surface area contributed by atoms with E-state index in [9.17, 15) is 4.79 Å². The molecule has 86 valence electrons. The third-order valence-corrected chi connectivity index (χ3v) is 3.29. The van der Waals surface area contributed by atoms with Crippen LogP contribution >= 0.6 is 0 Å². The number of anilines is 1. The van der Waals surface area contributed by atoms with Gasteiger partial charge in [0.25, 0.3) is 0 Å². The van der Waals surface area contributed by atoms with Gasteiger partial charge < -0.3 is 4.90 Å². The summed E-state index contributed by atoms with van der Waals surface area (Å²) in [6, 6.07) is 7.04. The van der Waals surface area contributed by atoms with Crippen LogP contribution in [0, 0.1) is 0 Å². The van der Waals surface area contributed by atoms with E-state index in [2.05, 4.69) is 36.9 Å². The summed E-state index contributed by atoms with van der Waals surface area (Å²) in [6.45, 7) is 7.15. The zero-order valence-corrected chi connectivity index (χ0v) is 10.3. The maximum Gasteiger partial charge on any atom is 0.134 e. The van der Waals surface area contributed by atoms with Crippen LogP contribution in [0.1, 0.15) is 31.9 Å². The van der Waals surface area contributed by atoms with Crippen molar-refractivity contribution < 1.29 is 4.79 Å². The molecule has 2 rings (SSSR count). The summed E-state index contributed by atoms with van der Waals surface area (Å²) in [5.41, 5.74) is 3.90. The summed E-state index contributed by atoms with van der Waals surface area (Å²) in [7, 11) is 0. The van der Waals surface area contributed by atoms with Crippen molar-refractivity contribution >= 4 is 11.5 Å². The third-order valence-electron chi connectivity index (χ3n) is 3.29. The van der Waals surface area contributed by atoms with Gasteiger partial charge in [0, 0.05) is 24.7 Å². The van der Waals surface area contributed by atoms with Crippen LogP contribution in [-0.4, -0.2) is 18.4 Å². The lowest BCUT2D eigenvalue weighted by Gasteiger charge is -2.22. The summed E-state index contributed by atoms with van der Waals surface area (Å²) in [4.78, 5) is 13.5. The Hall–Kier alpha value is -1.31. The molecule has 1 heterocycles. The molecular weight excluding hydrogens is 198 g/mol. The van der Waals surface area contributed by atoms with Gasteiger partial charge in [-0.15, -0.1) is 0 Å². The van der Waals surface area contributed by atoms with E-state index >= 15 is 0 Å². The minimum Gasteiger partial charge on any atom is -0.369 e. The lowest BCUT2D eigenvalue weighted by Crippen LogP contribution is -2.28. The lowest BCUT2D eigenvalue weighted by molar-refractivity contribution is -0.116. The van der Waals surface area contributed by atoms with E-state index in [-0.39, 0.29) is 5.78 Å². The van der Waals surface area contributed by atoms with E-state index in [1.54, 1.807) is 6.92 Å². The summed E-state index contributed by atoms with van der Waals surface area (Å²) in [5, 5.41) is 0. The van der Waals surface area contributed by atoms with Gasteiger partial charge in [-0.3, -0.25) is 4.79 Å². The van der Waals surface area contributed by atoms with Crippen molar-refractivity contribution in [2.24, 2.45) is 0 Å². The number of hydrogen-bond donors (Lipinski definition) is 0. The maximum atomic E-state index is 11.1. The molecular formula is C14H19NO. The van der Waals surface area contributed by atoms with Gasteiger partial charge >= 0.3 is 0 Å². The van der Waals surface area contributed by atoms with Crippen molar-refractivity contribution in [3.05, 3.63) is 29.3 Å². The van der Waals surface area contributed by atoms with E-state index in [4.69, 9.17) is 0 Å². The lowest BCUT2D eigenvalue weighted by atomic mass is 10.0. The van der Waals surface area contributed by atoms with Crippen molar-refractivity contribution in [3.63, 3.8) is 0 Å². The monoisotopic (exact) mass is 217 g/mol. The minimum atomic E-state index is 0.235. The quantitative estimate of drug-likeness (QED) is 0.775. The first-order valence-corrected chi connectivity index (χ1v) is 5.99. The normalized spacial score (nSPS) is 18.7. The summed E-state index contributed by atoms with van der Waals surface area (Å²) < 4.78 is 0. The number of hydrogen-bond acceptors (Lipinski definition) is 2. The Morgan fingerprint density at radius 3 is 2.88 bits per heavy atom. The van der Waals surface area contributed by atoms with Crippen LogP contribution in [-0.2, 0) is 17.6 Å². The van der Waals surface area contributed by atoms with Crippen molar-refractivity contribution in [2.45, 2.75) is 39.7 Å². The number of carbonyl (C=O) groups is 1. The fraction of sp³-hybridized carbons (Fsp3) is 0.500. The standard InChI is InChI=1S/C14H19NO/c1-4-15-10(2)7-13-9-12(8-11(3)16)5-6-14(13)15/h5-6,9-10H,4,7-8H2,1-3H3. The fourth-order valence-corrected chi connectivity index (χ4v) is 2.63. The molecule has 1 aromatic carbocycles. The van der Waals surface area contributed by atoms with Gasteiger partial charge in [0.15, 0.2) is 0 Å². The number of ketones is 1. The highest BCUT2D eigenvalue weighted by Gasteiger charge is 2.24. The smallest absolute Gasteiger partial charge is 0.134 e. The van der Waals surface area contributed by atoms with Crippen molar-refractivity contribution in [1.82, 2.24) is 0 Å². The van der Waals surface area contributed by atoms with Gasteiger partial charge in [-0.05, 0) is 44.4 Å². The van der Waals surface area contributed by atoms with Crippen LogP contribution < -0.4 is 4.90 Å². The molecule has 1 aliphatic heterocycles. The van der Waals surface area contributed by atoms with Gasteiger partial charge in [-0.25, -0.2) is 0 Å². The van der Waals surface area contributed by atoms with Crippen molar-refractivity contribution in [1.29, 1.82) is 0 Å². The molecule has 16 heavy (non-hydrogen) atoms. The molecule has 1 aromatic rings. The number of rotatable bonds is 3. The minimum absolute atomic E-state index is 0.235. The fourth-order valence-electron chi connectivity index (χ4n) is 2.63. The second-order valence-electron chi connectivity index (χ2n) is 4.68. The van der Waals surface area contributed by atoms with E-state index in [1.807, 2.05) is 0 Å². The molecule has 0 spiro atoms. The third kappa shape index (κ3) is 1.97. The highest BCUT2D eigenvalue weighted by molar-refractivity contribution is 5.78. The predicted octanol–water partition coefficient (Wildman–Crippen LogP) is 2.59. The Morgan fingerprint density at radius 1 is 1.50 bits per heavy atom. The Kier molecular flexibility index (Phi) is 2.99. The number of benzene rings is 1. The van der Waals surface area contributed by atoms with Gasteiger partial charge in [-0.1, -0.05) is 12.1 Å².